The number of nitrogens with two attached hydrogens (primary N) is 1. The number of hydrogen-bond donors (Lipinski definition) is 2. The van der Waals surface area contributed by atoms with E-state index < -0.39 is 0 Å². The zero-order valence-corrected chi connectivity index (χ0v) is 10.9. The summed E-state index contributed by atoms with van der Waals surface area (Å²) in [4.78, 5) is 10.8. The Balaban J connectivity index is 1.99. The van der Waals surface area contributed by atoms with Crippen LogP contribution in [0.1, 0.15) is 25.0 Å². The molecule has 1 aliphatic carbocycles. The van der Waals surface area contributed by atoms with E-state index in [0.29, 0.717) is 18.2 Å². The summed E-state index contributed by atoms with van der Waals surface area (Å²) in [6.45, 7) is 2.69. The number of anilines is 1. The lowest BCUT2D eigenvalue weighted by atomic mass is 10.3. The molecule has 7 nitrogen and oxygen atoms in total. The van der Waals surface area contributed by atoms with E-state index in [1.807, 2.05) is 13.0 Å². The van der Waals surface area contributed by atoms with Crippen molar-refractivity contribution in [3.8, 4) is 0 Å². The Hall–Kier alpha value is -2.18. The Morgan fingerprint density at radius 2 is 2.37 bits per heavy atom. The Morgan fingerprint density at radius 1 is 1.58 bits per heavy atom. The SMILES string of the molecule is Cc1cc(N(CCC(=N)N)C2CC2)n2ncnc2n1. The number of hydrogen-bond acceptors (Lipinski definition) is 5. The molecule has 1 fully saturated rings. The monoisotopic (exact) mass is 259 g/mol. The number of amidine groups is 1. The Labute approximate surface area is 111 Å². The number of aryl methyl sites for hydroxylation is 1. The van der Waals surface area contributed by atoms with Crippen LogP contribution in [0.4, 0.5) is 5.82 Å². The maximum absolute atomic E-state index is 7.39. The molecule has 0 spiro atoms. The van der Waals surface area contributed by atoms with Crippen LogP contribution in [0.25, 0.3) is 5.78 Å². The van der Waals surface area contributed by atoms with Crippen molar-refractivity contribution < 1.29 is 0 Å². The van der Waals surface area contributed by atoms with Crippen molar-refractivity contribution in [2.24, 2.45) is 5.73 Å². The van der Waals surface area contributed by atoms with Gasteiger partial charge in [0.2, 0.25) is 0 Å². The summed E-state index contributed by atoms with van der Waals surface area (Å²) < 4.78 is 1.76. The Morgan fingerprint density at radius 3 is 3.05 bits per heavy atom. The second kappa shape index (κ2) is 4.49. The number of aromatic nitrogens is 4. The van der Waals surface area contributed by atoms with Crippen LogP contribution in [0, 0.1) is 12.3 Å². The molecule has 0 aromatic carbocycles. The summed E-state index contributed by atoms with van der Waals surface area (Å²) in [6, 6.07) is 2.54. The fraction of sp³-hybridized carbons (Fsp3) is 0.500. The van der Waals surface area contributed by atoms with Crippen LogP contribution < -0.4 is 10.6 Å². The van der Waals surface area contributed by atoms with E-state index in [1.165, 1.54) is 19.2 Å². The van der Waals surface area contributed by atoms with Crippen LogP contribution in [0.15, 0.2) is 12.4 Å². The van der Waals surface area contributed by atoms with Crippen molar-refractivity contribution in [2.45, 2.75) is 32.2 Å². The second-order valence-corrected chi connectivity index (χ2v) is 4.93. The number of fused-ring (bicyclic) bond motifs is 1. The smallest absolute Gasteiger partial charge is 0.254 e. The van der Waals surface area contributed by atoms with Crippen molar-refractivity contribution in [1.29, 1.82) is 5.41 Å². The quantitative estimate of drug-likeness (QED) is 0.609. The predicted molar refractivity (Wildman–Crippen MR) is 72.4 cm³/mol. The van der Waals surface area contributed by atoms with Gasteiger partial charge in [-0.05, 0) is 19.8 Å². The van der Waals surface area contributed by atoms with Crippen LogP contribution in [0.2, 0.25) is 0 Å². The van der Waals surface area contributed by atoms with E-state index in [0.717, 1.165) is 18.1 Å². The number of nitrogens with one attached hydrogen (secondary N) is 1. The Bertz CT molecular complexity index is 614. The van der Waals surface area contributed by atoms with E-state index >= 15 is 0 Å². The molecule has 7 heteroatoms. The van der Waals surface area contributed by atoms with Gasteiger partial charge < -0.3 is 10.6 Å². The summed E-state index contributed by atoms with van der Waals surface area (Å²) in [5.41, 5.74) is 6.39. The van der Waals surface area contributed by atoms with Gasteiger partial charge in [0, 0.05) is 30.8 Å². The van der Waals surface area contributed by atoms with Gasteiger partial charge in [0.1, 0.15) is 12.1 Å². The molecule has 0 atom stereocenters. The molecule has 2 aromatic rings. The predicted octanol–water partition coefficient (Wildman–Crippen LogP) is 0.728. The fourth-order valence-electron chi connectivity index (χ4n) is 2.23. The van der Waals surface area contributed by atoms with Crippen molar-refractivity contribution in [3.63, 3.8) is 0 Å². The van der Waals surface area contributed by atoms with E-state index in [-0.39, 0.29) is 5.84 Å². The van der Waals surface area contributed by atoms with Gasteiger partial charge >= 0.3 is 0 Å². The summed E-state index contributed by atoms with van der Waals surface area (Å²) >= 11 is 0. The van der Waals surface area contributed by atoms with Crippen molar-refractivity contribution >= 4 is 17.4 Å². The molecule has 0 amide bonds. The second-order valence-electron chi connectivity index (χ2n) is 4.93. The lowest BCUT2D eigenvalue weighted by Gasteiger charge is -2.24. The maximum Gasteiger partial charge on any atom is 0.254 e. The standard InChI is InChI=1S/C12H17N7/c1-8-6-11(19-12(17-8)15-7-16-19)18(9-2-3-9)5-4-10(13)14/h6-7,9H,2-5H2,1H3,(H3,13,14). The highest BCUT2D eigenvalue weighted by Gasteiger charge is 2.30. The summed E-state index contributed by atoms with van der Waals surface area (Å²) in [5, 5.41) is 11.6. The third kappa shape index (κ3) is 2.35. The molecule has 0 bridgehead atoms. The normalized spacial score (nSPS) is 14.8. The first-order valence-corrected chi connectivity index (χ1v) is 6.42. The third-order valence-electron chi connectivity index (χ3n) is 3.27. The number of nitrogens with zero attached hydrogens (tertiary/aromatic N) is 5. The molecule has 0 saturated heterocycles. The molecule has 0 radical (unpaired) electrons. The van der Waals surface area contributed by atoms with Gasteiger partial charge in [-0.1, -0.05) is 0 Å². The first-order valence-electron chi connectivity index (χ1n) is 6.42. The van der Waals surface area contributed by atoms with Crippen LogP contribution >= 0.6 is 0 Å². The molecule has 1 saturated carbocycles. The average Bonchev–Trinajstić information content (AvgIpc) is 3.07. The maximum atomic E-state index is 7.39. The molecule has 3 rings (SSSR count). The average molecular weight is 259 g/mol. The largest absolute Gasteiger partial charge is 0.388 e. The van der Waals surface area contributed by atoms with Gasteiger partial charge in [0.25, 0.3) is 5.78 Å². The lowest BCUT2D eigenvalue weighted by molar-refractivity contribution is 0.750. The van der Waals surface area contributed by atoms with Gasteiger partial charge in [0.05, 0.1) is 5.84 Å². The zero-order valence-electron chi connectivity index (χ0n) is 10.9. The lowest BCUT2D eigenvalue weighted by Crippen LogP contribution is -2.31. The highest BCUT2D eigenvalue weighted by Crippen LogP contribution is 2.31. The molecule has 2 aromatic heterocycles. The molecule has 1 aliphatic rings. The van der Waals surface area contributed by atoms with Crippen LogP contribution in [-0.2, 0) is 0 Å². The first kappa shape index (κ1) is 11.9. The minimum atomic E-state index is 0.214. The van der Waals surface area contributed by atoms with Crippen LogP contribution in [0.3, 0.4) is 0 Å². The van der Waals surface area contributed by atoms with Gasteiger partial charge in [-0.25, -0.2) is 4.98 Å². The molecule has 100 valence electrons. The van der Waals surface area contributed by atoms with Crippen molar-refractivity contribution in [2.75, 3.05) is 11.4 Å². The third-order valence-corrected chi connectivity index (χ3v) is 3.27. The summed E-state index contributed by atoms with van der Waals surface area (Å²) in [6.07, 6.45) is 4.43. The zero-order chi connectivity index (χ0) is 13.4. The molecule has 2 heterocycles. The van der Waals surface area contributed by atoms with Gasteiger partial charge in [-0.3, -0.25) is 5.41 Å². The van der Waals surface area contributed by atoms with Crippen LogP contribution in [0.5, 0.6) is 0 Å². The van der Waals surface area contributed by atoms with E-state index in [1.54, 1.807) is 4.52 Å². The topological polar surface area (TPSA) is 96.2 Å². The van der Waals surface area contributed by atoms with Crippen LogP contribution in [-0.4, -0.2) is 38.0 Å². The minimum Gasteiger partial charge on any atom is -0.388 e. The molecule has 3 N–H and O–H groups in total. The minimum absolute atomic E-state index is 0.214. The molecular weight excluding hydrogens is 242 g/mol. The van der Waals surface area contributed by atoms with Gasteiger partial charge in [0.15, 0.2) is 0 Å². The summed E-state index contributed by atoms with van der Waals surface area (Å²) in [7, 11) is 0. The summed E-state index contributed by atoms with van der Waals surface area (Å²) in [5.74, 6) is 1.82. The molecule has 0 unspecified atom stereocenters. The Kier molecular flexibility index (Phi) is 2.81. The molecule has 0 aliphatic heterocycles. The molecule has 19 heavy (non-hydrogen) atoms. The van der Waals surface area contributed by atoms with E-state index in [4.69, 9.17) is 11.1 Å². The fourth-order valence-corrected chi connectivity index (χ4v) is 2.23. The van der Waals surface area contributed by atoms with E-state index in [2.05, 4.69) is 20.0 Å². The van der Waals surface area contributed by atoms with Crippen molar-refractivity contribution in [3.05, 3.63) is 18.1 Å². The van der Waals surface area contributed by atoms with Crippen molar-refractivity contribution in [1.82, 2.24) is 19.6 Å². The highest BCUT2D eigenvalue weighted by atomic mass is 15.4. The highest BCUT2D eigenvalue weighted by molar-refractivity contribution is 5.77. The number of rotatable bonds is 5. The van der Waals surface area contributed by atoms with E-state index in [9.17, 15) is 0 Å². The van der Waals surface area contributed by atoms with Gasteiger partial charge in [-0.2, -0.15) is 14.6 Å². The first-order chi connectivity index (χ1) is 9.15. The van der Waals surface area contributed by atoms with Gasteiger partial charge in [-0.15, -0.1) is 0 Å². The molecular formula is C12H17N7.